The molecule has 2 aliphatic rings. The minimum absolute atomic E-state index is 0.669. The third kappa shape index (κ3) is 2.62. The van der Waals surface area contributed by atoms with Gasteiger partial charge in [-0.3, -0.25) is 5.10 Å². The molecule has 1 unspecified atom stereocenters. The summed E-state index contributed by atoms with van der Waals surface area (Å²) in [6, 6.07) is 2.70. The summed E-state index contributed by atoms with van der Waals surface area (Å²) < 4.78 is 0. The summed E-state index contributed by atoms with van der Waals surface area (Å²) in [6.07, 6.45) is 6.03. The molecule has 1 aliphatic heterocycles. The van der Waals surface area contributed by atoms with Crippen LogP contribution < -0.4 is 5.32 Å². The molecule has 4 nitrogen and oxygen atoms in total. The van der Waals surface area contributed by atoms with E-state index in [0.29, 0.717) is 6.04 Å². The van der Waals surface area contributed by atoms with Crippen LogP contribution in [0.1, 0.15) is 25.0 Å². The molecule has 4 heteroatoms. The zero-order valence-electron chi connectivity index (χ0n) is 9.65. The van der Waals surface area contributed by atoms with E-state index in [4.69, 9.17) is 0 Å². The lowest BCUT2D eigenvalue weighted by atomic mass is 10.2. The first-order chi connectivity index (χ1) is 7.90. The van der Waals surface area contributed by atoms with E-state index in [1.165, 1.54) is 44.6 Å². The molecule has 0 bridgehead atoms. The van der Waals surface area contributed by atoms with Crippen molar-refractivity contribution in [2.24, 2.45) is 5.92 Å². The monoisotopic (exact) mass is 220 g/mol. The second-order valence-electron chi connectivity index (χ2n) is 5.15. The molecule has 16 heavy (non-hydrogen) atoms. The molecular formula is C12H20N4. The first-order valence-corrected chi connectivity index (χ1v) is 6.34. The highest BCUT2D eigenvalue weighted by Crippen LogP contribution is 2.30. The topological polar surface area (TPSA) is 44.0 Å². The molecule has 0 radical (unpaired) electrons. The number of likely N-dealkylation sites (tertiary alicyclic amines) is 1. The lowest BCUT2D eigenvalue weighted by molar-refractivity contribution is 0.314. The van der Waals surface area contributed by atoms with Crippen LogP contribution in [0.25, 0.3) is 0 Å². The number of nitrogens with zero attached hydrogens (tertiary/aromatic N) is 2. The standard InChI is InChI=1S/C12H20N4/c1-2-10(1)8-16-6-4-12(9-16)13-7-11-3-5-14-15-11/h3,5,10,12-13H,1-2,4,6-9H2,(H,14,15). The first-order valence-electron chi connectivity index (χ1n) is 6.34. The summed E-state index contributed by atoms with van der Waals surface area (Å²) in [7, 11) is 0. The van der Waals surface area contributed by atoms with Crippen molar-refractivity contribution in [2.45, 2.75) is 31.8 Å². The molecule has 2 N–H and O–H groups in total. The predicted molar refractivity (Wildman–Crippen MR) is 63.0 cm³/mol. The minimum atomic E-state index is 0.669. The van der Waals surface area contributed by atoms with Crippen LogP contribution in [0.4, 0.5) is 0 Å². The van der Waals surface area contributed by atoms with Gasteiger partial charge in [-0.15, -0.1) is 0 Å². The highest BCUT2D eigenvalue weighted by atomic mass is 15.2. The molecule has 1 aliphatic carbocycles. The Labute approximate surface area is 96.4 Å². The number of rotatable bonds is 5. The maximum Gasteiger partial charge on any atom is 0.0490 e. The van der Waals surface area contributed by atoms with E-state index in [0.717, 1.165) is 12.5 Å². The smallest absolute Gasteiger partial charge is 0.0490 e. The molecule has 2 fully saturated rings. The van der Waals surface area contributed by atoms with Crippen molar-refractivity contribution in [1.82, 2.24) is 20.4 Å². The van der Waals surface area contributed by atoms with Crippen LogP contribution in [0.5, 0.6) is 0 Å². The molecule has 0 spiro atoms. The van der Waals surface area contributed by atoms with Crippen LogP contribution in [0.3, 0.4) is 0 Å². The van der Waals surface area contributed by atoms with Gasteiger partial charge in [-0.25, -0.2) is 0 Å². The van der Waals surface area contributed by atoms with Crippen molar-refractivity contribution in [1.29, 1.82) is 0 Å². The molecule has 0 aromatic carbocycles. The van der Waals surface area contributed by atoms with Crippen LogP contribution in [0.15, 0.2) is 12.3 Å². The maximum absolute atomic E-state index is 3.95. The molecule has 1 atom stereocenters. The Bertz CT molecular complexity index is 318. The number of hydrogen-bond acceptors (Lipinski definition) is 3. The van der Waals surface area contributed by atoms with Crippen LogP contribution >= 0.6 is 0 Å². The minimum Gasteiger partial charge on any atom is -0.307 e. The fourth-order valence-electron chi connectivity index (χ4n) is 2.47. The zero-order chi connectivity index (χ0) is 10.8. The van der Waals surface area contributed by atoms with E-state index in [1.807, 2.05) is 12.3 Å². The highest BCUT2D eigenvalue weighted by Gasteiger charge is 2.28. The largest absolute Gasteiger partial charge is 0.307 e. The van der Waals surface area contributed by atoms with Gasteiger partial charge in [0.1, 0.15) is 0 Å². The van der Waals surface area contributed by atoms with Gasteiger partial charge in [0.25, 0.3) is 0 Å². The van der Waals surface area contributed by atoms with Gasteiger partial charge in [-0.1, -0.05) is 0 Å². The van der Waals surface area contributed by atoms with Crippen LogP contribution in [0, 0.1) is 5.92 Å². The van der Waals surface area contributed by atoms with Gasteiger partial charge < -0.3 is 10.2 Å². The fraction of sp³-hybridized carbons (Fsp3) is 0.750. The van der Waals surface area contributed by atoms with Crippen LogP contribution in [0.2, 0.25) is 0 Å². The Morgan fingerprint density at radius 3 is 3.12 bits per heavy atom. The van der Waals surface area contributed by atoms with Crippen LogP contribution in [-0.2, 0) is 6.54 Å². The van der Waals surface area contributed by atoms with Gasteiger partial charge in [-0.2, -0.15) is 5.10 Å². The Morgan fingerprint density at radius 1 is 1.44 bits per heavy atom. The van der Waals surface area contributed by atoms with Crippen molar-refractivity contribution in [2.75, 3.05) is 19.6 Å². The van der Waals surface area contributed by atoms with Crippen LogP contribution in [-0.4, -0.2) is 40.8 Å². The zero-order valence-corrected chi connectivity index (χ0v) is 9.65. The lowest BCUT2D eigenvalue weighted by Crippen LogP contribution is -2.32. The molecule has 1 aromatic heterocycles. The van der Waals surface area contributed by atoms with Crippen molar-refractivity contribution >= 4 is 0 Å². The molecule has 3 rings (SSSR count). The van der Waals surface area contributed by atoms with E-state index < -0.39 is 0 Å². The summed E-state index contributed by atoms with van der Waals surface area (Å²) in [6.45, 7) is 4.76. The normalized spacial score (nSPS) is 26.4. The number of nitrogens with one attached hydrogen (secondary N) is 2. The first kappa shape index (κ1) is 10.3. The second-order valence-corrected chi connectivity index (χ2v) is 5.15. The van der Waals surface area contributed by atoms with Crippen molar-refractivity contribution in [3.63, 3.8) is 0 Å². The summed E-state index contributed by atoms with van der Waals surface area (Å²) in [5, 5.41) is 10.5. The SMILES string of the molecule is c1cc(CNC2CCN(CC3CC3)C2)[nH]n1. The molecule has 2 heterocycles. The van der Waals surface area contributed by atoms with Crippen molar-refractivity contribution in [3.05, 3.63) is 18.0 Å². The number of aromatic amines is 1. The quantitative estimate of drug-likeness (QED) is 0.777. The number of H-pyrrole nitrogens is 1. The van der Waals surface area contributed by atoms with E-state index in [-0.39, 0.29) is 0 Å². The van der Waals surface area contributed by atoms with Gasteiger partial charge in [0.2, 0.25) is 0 Å². The van der Waals surface area contributed by atoms with Gasteiger partial charge in [0.05, 0.1) is 0 Å². The average Bonchev–Trinajstić information content (AvgIpc) is 2.81. The average molecular weight is 220 g/mol. The van der Waals surface area contributed by atoms with Crippen molar-refractivity contribution < 1.29 is 0 Å². The van der Waals surface area contributed by atoms with Gasteiger partial charge in [0.15, 0.2) is 0 Å². The maximum atomic E-state index is 3.95. The molecule has 1 aromatic rings. The van der Waals surface area contributed by atoms with E-state index in [2.05, 4.69) is 20.4 Å². The third-order valence-electron chi connectivity index (χ3n) is 3.63. The molecule has 1 saturated carbocycles. The van der Waals surface area contributed by atoms with Gasteiger partial charge in [0, 0.05) is 37.6 Å². The molecular weight excluding hydrogens is 200 g/mol. The predicted octanol–water partition coefficient (Wildman–Crippen LogP) is 0.984. The molecule has 88 valence electrons. The summed E-state index contributed by atoms with van der Waals surface area (Å²) in [4.78, 5) is 2.61. The summed E-state index contributed by atoms with van der Waals surface area (Å²) in [5.41, 5.74) is 1.18. The van der Waals surface area contributed by atoms with E-state index in [9.17, 15) is 0 Å². The number of aromatic nitrogens is 2. The van der Waals surface area contributed by atoms with Gasteiger partial charge in [-0.05, 0) is 37.8 Å². The summed E-state index contributed by atoms with van der Waals surface area (Å²) in [5.74, 6) is 1.02. The van der Waals surface area contributed by atoms with E-state index >= 15 is 0 Å². The van der Waals surface area contributed by atoms with Crippen molar-refractivity contribution in [3.8, 4) is 0 Å². The van der Waals surface area contributed by atoms with E-state index in [1.54, 1.807) is 0 Å². The van der Waals surface area contributed by atoms with Gasteiger partial charge >= 0.3 is 0 Å². The number of hydrogen-bond donors (Lipinski definition) is 2. The second kappa shape index (κ2) is 4.55. The third-order valence-corrected chi connectivity index (χ3v) is 3.63. The summed E-state index contributed by atoms with van der Waals surface area (Å²) >= 11 is 0. The Hall–Kier alpha value is -0.870. The Balaban J connectivity index is 1.39. The molecule has 1 saturated heterocycles. The Morgan fingerprint density at radius 2 is 2.38 bits per heavy atom. The highest BCUT2D eigenvalue weighted by molar-refractivity contribution is 4.97. The molecule has 0 amide bonds. The lowest BCUT2D eigenvalue weighted by Gasteiger charge is -2.15. The fourth-order valence-corrected chi connectivity index (χ4v) is 2.47. The Kier molecular flexibility index (Phi) is 2.93.